The molecule has 0 radical (unpaired) electrons. The maximum Gasteiger partial charge on any atom is 0.215 e. The Balaban J connectivity index is 1.57. The summed E-state index contributed by atoms with van der Waals surface area (Å²) < 4.78 is 6.00. The van der Waals surface area contributed by atoms with Gasteiger partial charge in [0.05, 0.1) is 16.8 Å². The van der Waals surface area contributed by atoms with Crippen molar-refractivity contribution in [2.75, 3.05) is 29.0 Å². The van der Waals surface area contributed by atoms with Crippen LogP contribution in [0.2, 0.25) is 0 Å². The molecule has 1 fully saturated rings. The number of rotatable bonds is 4. The number of benzene rings is 1. The molecule has 3 N–H and O–H groups in total. The zero-order chi connectivity index (χ0) is 20.5. The number of nitrogens with one attached hydrogen (secondary N) is 1. The molecule has 4 heterocycles. The van der Waals surface area contributed by atoms with Gasteiger partial charge in [0.25, 0.3) is 0 Å². The first-order valence-corrected chi connectivity index (χ1v) is 10.4. The fraction of sp³-hybridized carbons (Fsp3) is 0.250. The predicted molar refractivity (Wildman–Crippen MR) is 122 cm³/mol. The molecule has 1 aliphatic heterocycles. The number of nitrogen functional groups attached to an aromatic ring is 1. The van der Waals surface area contributed by atoms with Crippen LogP contribution in [0, 0.1) is 6.92 Å². The Labute approximate surface area is 175 Å². The number of hydrogen-bond donors (Lipinski definition) is 2. The number of fused-ring (bicyclic) bond motifs is 1. The summed E-state index contributed by atoms with van der Waals surface area (Å²) in [5, 5.41) is 4.47. The van der Waals surface area contributed by atoms with Crippen molar-refractivity contribution < 1.29 is 4.42 Å². The Kier molecular flexibility index (Phi) is 4.75. The summed E-state index contributed by atoms with van der Waals surface area (Å²) in [6, 6.07) is 14.3. The number of piperidine rings is 1. The van der Waals surface area contributed by atoms with Crippen LogP contribution in [0.5, 0.6) is 0 Å². The van der Waals surface area contributed by atoms with Crippen molar-refractivity contribution in [2.24, 2.45) is 0 Å². The molecule has 6 nitrogen and oxygen atoms in total. The van der Waals surface area contributed by atoms with Gasteiger partial charge in [-0.05, 0) is 56.5 Å². The summed E-state index contributed by atoms with van der Waals surface area (Å²) in [4.78, 5) is 11.3. The Hall–Kier alpha value is -3.54. The monoisotopic (exact) mass is 399 g/mol. The van der Waals surface area contributed by atoms with Crippen molar-refractivity contribution in [3.8, 4) is 11.3 Å². The highest BCUT2D eigenvalue weighted by Crippen LogP contribution is 2.41. The van der Waals surface area contributed by atoms with Crippen molar-refractivity contribution in [3.05, 3.63) is 60.6 Å². The van der Waals surface area contributed by atoms with Crippen LogP contribution in [0.25, 0.3) is 22.2 Å². The minimum absolute atomic E-state index is 0.360. The van der Waals surface area contributed by atoms with Gasteiger partial charge in [-0.15, -0.1) is 0 Å². The average molecular weight is 399 g/mol. The first-order valence-electron chi connectivity index (χ1n) is 10.4. The summed E-state index contributed by atoms with van der Waals surface area (Å²) in [5.41, 5.74) is 12.7. The number of aromatic nitrogens is 2. The molecular formula is C24H25N5O. The van der Waals surface area contributed by atoms with Gasteiger partial charge in [0.1, 0.15) is 11.4 Å². The van der Waals surface area contributed by atoms with Gasteiger partial charge in [-0.1, -0.05) is 12.1 Å². The molecule has 0 bridgehead atoms. The molecule has 1 aromatic carbocycles. The Morgan fingerprint density at radius 1 is 1.00 bits per heavy atom. The molecular weight excluding hydrogens is 374 g/mol. The van der Waals surface area contributed by atoms with E-state index in [1.807, 2.05) is 31.2 Å². The van der Waals surface area contributed by atoms with E-state index in [1.165, 1.54) is 24.9 Å². The van der Waals surface area contributed by atoms with Gasteiger partial charge in [-0.3, -0.25) is 9.97 Å². The van der Waals surface area contributed by atoms with Crippen molar-refractivity contribution in [2.45, 2.75) is 26.2 Å². The smallest absolute Gasteiger partial charge is 0.215 e. The van der Waals surface area contributed by atoms with Crippen molar-refractivity contribution >= 4 is 33.9 Å². The van der Waals surface area contributed by atoms with E-state index in [0.717, 1.165) is 46.8 Å². The largest absolute Gasteiger partial charge is 0.436 e. The summed E-state index contributed by atoms with van der Waals surface area (Å²) in [6.45, 7) is 4.12. The number of nitrogens with two attached hydrogens (primary N) is 1. The maximum atomic E-state index is 6.32. The lowest BCUT2D eigenvalue weighted by atomic mass is 10.1. The molecule has 4 aromatic rings. The third-order valence-electron chi connectivity index (χ3n) is 5.66. The van der Waals surface area contributed by atoms with Gasteiger partial charge in [0, 0.05) is 36.7 Å². The topological polar surface area (TPSA) is 80.2 Å². The standard InChI is InChI=1S/C24H25N5O/c1-16-15-17(9-11-26-16)21-23-18(10-12-27-21)22(24(25)30-23)28-19-7-3-4-8-20(19)29-13-5-2-6-14-29/h3-4,7-12,15,28H,2,5-6,13-14,25H2,1H3. The van der Waals surface area contributed by atoms with E-state index in [4.69, 9.17) is 10.2 Å². The second-order valence-corrected chi connectivity index (χ2v) is 7.75. The van der Waals surface area contributed by atoms with Crippen LogP contribution in [-0.2, 0) is 0 Å². The fourth-order valence-corrected chi connectivity index (χ4v) is 4.19. The van der Waals surface area contributed by atoms with Gasteiger partial charge in [-0.25, -0.2) is 0 Å². The first kappa shape index (κ1) is 18.5. The minimum Gasteiger partial charge on any atom is -0.436 e. The molecule has 1 aliphatic rings. The summed E-state index contributed by atoms with van der Waals surface area (Å²) >= 11 is 0. The summed E-state index contributed by atoms with van der Waals surface area (Å²) in [6.07, 6.45) is 7.34. The van der Waals surface area contributed by atoms with E-state index < -0.39 is 0 Å². The predicted octanol–water partition coefficient (Wildman–Crippen LogP) is 5.51. The quantitative estimate of drug-likeness (QED) is 0.471. The third kappa shape index (κ3) is 3.34. The van der Waals surface area contributed by atoms with E-state index in [9.17, 15) is 0 Å². The van der Waals surface area contributed by atoms with E-state index in [-0.39, 0.29) is 0 Å². The van der Waals surface area contributed by atoms with Gasteiger partial charge < -0.3 is 20.4 Å². The normalized spacial score (nSPS) is 14.2. The van der Waals surface area contributed by atoms with Crippen LogP contribution in [-0.4, -0.2) is 23.1 Å². The Morgan fingerprint density at radius 2 is 1.80 bits per heavy atom. The molecule has 6 heteroatoms. The number of nitrogens with zero attached hydrogens (tertiary/aromatic N) is 3. The Morgan fingerprint density at radius 3 is 2.63 bits per heavy atom. The highest BCUT2D eigenvalue weighted by atomic mass is 16.3. The molecule has 30 heavy (non-hydrogen) atoms. The lowest BCUT2D eigenvalue weighted by Gasteiger charge is -2.30. The van der Waals surface area contributed by atoms with Gasteiger partial charge in [-0.2, -0.15) is 0 Å². The zero-order valence-electron chi connectivity index (χ0n) is 17.1. The van der Waals surface area contributed by atoms with E-state index >= 15 is 0 Å². The van der Waals surface area contributed by atoms with Crippen LogP contribution < -0.4 is 16.0 Å². The van der Waals surface area contributed by atoms with Gasteiger partial charge in [0.2, 0.25) is 5.88 Å². The molecule has 3 aromatic heterocycles. The van der Waals surface area contributed by atoms with Crippen molar-refractivity contribution in [3.63, 3.8) is 0 Å². The first-order chi connectivity index (χ1) is 14.7. The van der Waals surface area contributed by atoms with Crippen LogP contribution in [0.3, 0.4) is 0 Å². The maximum absolute atomic E-state index is 6.32. The summed E-state index contributed by atoms with van der Waals surface area (Å²) in [7, 11) is 0. The van der Waals surface area contributed by atoms with Crippen molar-refractivity contribution in [1.82, 2.24) is 9.97 Å². The van der Waals surface area contributed by atoms with Crippen LogP contribution in [0.1, 0.15) is 25.0 Å². The highest BCUT2D eigenvalue weighted by molar-refractivity contribution is 6.04. The molecule has 0 amide bonds. The van der Waals surface area contributed by atoms with Crippen LogP contribution in [0.15, 0.2) is 59.3 Å². The third-order valence-corrected chi connectivity index (χ3v) is 5.66. The number of aryl methyl sites for hydroxylation is 1. The molecule has 0 aliphatic carbocycles. The van der Waals surface area contributed by atoms with Gasteiger partial charge >= 0.3 is 0 Å². The van der Waals surface area contributed by atoms with Crippen LogP contribution >= 0.6 is 0 Å². The summed E-state index contributed by atoms with van der Waals surface area (Å²) in [5.74, 6) is 0.360. The fourth-order valence-electron chi connectivity index (χ4n) is 4.19. The molecule has 1 saturated heterocycles. The highest BCUT2D eigenvalue weighted by Gasteiger charge is 2.20. The number of para-hydroxylation sites is 2. The number of pyridine rings is 2. The van der Waals surface area contributed by atoms with E-state index in [1.54, 1.807) is 12.4 Å². The number of anilines is 4. The molecule has 0 unspecified atom stereocenters. The van der Waals surface area contributed by atoms with E-state index in [0.29, 0.717) is 11.5 Å². The lowest BCUT2D eigenvalue weighted by molar-refractivity contribution is 0.578. The SMILES string of the molecule is Cc1cc(-c2nccc3c(Nc4ccccc4N4CCCCC4)c(N)oc23)ccn1. The zero-order valence-corrected chi connectivity index (χ0v) is 17.1. The average Bonchev–Trinajstić information content (AvgIpc) is 3.10. The molecule has 5 rings (SSSR count). The second kappa shape index (κ2) is 7.71. The number of hydrogen-bond acceptors (Lipinski definition) is 6. The lowest BCUT2D eigenvalue weighted by Crippen LogP contribution is -2.29. The minimum atomic E-state index is 0.360. The molecule has 0 saturated carbocycles. The number of furan rings is 1. The molecule has 0 atom stereocenters. The Bertz CT molecular complexity index is 1190. The molecule has 152 valence electrons. The molecule has 0 spiro atoms. The van der Waals surface area contributed by atoms with Crippen LogP contribution in [0.4, 0.5) is 22.9 Å². The second-order valence-electron chi connectivity index (χ2n) is 7.75. The van der Waals surface area contributed by atoms with Gasteiger partial charge in [0.15, 0.2) is 5.58 Å². The van der Waals surface area contributed by atoms with Crippen molar-refractivity contribution in [1.29, 1.82) is 0 Å². The van der Waals surface area contributed by atoms with E-state index in [2.05, 4.69) is 38.4 Å².